The van der Waals surface area contributed by atoms with Gasteiger partial charge in [0.15, 0.2) is 5.82 Å². The minimum Gasteiger partial charge on any atom is -0.478 e. The Morgan fingerprint density at radius 1 is 1.18 bits per heavy atom. The van der Waals surface area contributed by atoms with Crippen LogP contribution < -0.4 is 0 Å². The van der Waals surface area contributed by atoms with Gasteiger partial charge in [0.2, 0.25) is 0 Å². The lowest BCUT2D eigenvalue weighted by molar-refractivity contribution is 0.0697. The average Bonchev–Trinajstić information content (AvgIpc) is 2.93. The topological polar surface area (TPSA) is 68.0 Å². The molecule has 5 nitrogen and oxygen atoms in total. The van der Waals surface area contributed by atoms with Crippen molar-refractivity contribution >= 4 is 17.6 Å². The molecule has 0 saturated heterocycles. The highest BCUT2D eigenvalue weighted by Crippen LogP contribution is 2.33. The molecule has 0 radical (unpaired) electrons. The van der Waals surface area contributed by atoms with Crippen molar-refractivity contribution in [3.8, 4) is 22.5 Å². The molecule has 0 bridgehead atoms. The molecular weight excluding hydrogens is 302 g/mol. The van der Waals surface area contributed by atoms with E-state index in [1.54, 1.807) is 41.2 Å². The average molecular weight is 314 g/mol. The molecule has 3 aromatic rings. The van der Waals surface area contributed by atoms with Crippen LogP contribution in [0.3, 0.4) is 0 Å². The van der Waals surface area contributed by atoms with Gasteiger partial charge in [-0.05, 0) is 35.4 Å². The monoisotopic (exact) mass is 313 g/mol. The quantitative estimate of drug-likeness (QED) is 0.803. The van der Waals surface area contributed by atoms with E-state index < -0.39 is 5.97 Å². The standard InChI is InChI=1S/C16H12ClN3O2/c1-20-9-18-19-15(20)14-8-12(17)5-6-13(14)10-3-2-4-11(7-10)16(21)22/h2-9H,1H3,(H,21,22). The molecule has 0 amide bonds. The summed E-state index contributed by atoms with van der Waals surface area (Å²) < 4.78 is 1.79. The Hall–Kier alpha value is -2.66. The largest absolute Gasteiger partial charge is 0.478 e. The van der Waals surface area contributed by atoms with Crippen LogP contribution in [0.1, 0.15) is 10.4 Å². The second kappa shape index (κ2) is 5.61. The number of rotatable bonds is 3. The van der Waals surface area contributed by atoms with E-state index in [0.717, 1.165) is 16.7 Å². The smallest absolute Gasteiger partial charge is 0.335 e. The van der Waals surface area contributed by atoms with Crippen LogP contribution in [-0.2, 0) is 7.05 Å². The first kappa shape index (κ1) is 14.3. The van der Waals surface area contributed by atoms with E-state index in [1.807, 2.05) is 19.2 Å². The van der Waals surface area contributed by atoms with Gasteiger partial charge >= 0.3 is 5.97 Å². The molecule has 0 aliphatic carbocycles. The zero-order chi connectivity index (χ0) is 15.7. The predicted octanol–water partition coefficient (Wildman–Crippen LogP) is 3.50. The number of carboxylic acid groups (broad SMARTS) is 1. The lowest BCUT2D eigenvalue weighted by Crippen LogP contribution is -1.97. The number of nitrogens with zero attached hydrogens (tertiary/aromatic N) is 3. The third-order valence-corrected chi connectivity index (χ3v) is 3.59. The molecule has 0 spiro atoms. The summed E-state index contributed by atoms with van der Waals surface area (Å²) in [6.07, 6.45) is 1.60. The molecule has 0 fully saturated rings. The van der Waals surface area contributed by atoms with Gasteiger partial charge in [-0.1, -0.05) is 29.8 Å². The Kier molecular flexibility index (Phi) is 3.65. The number of aromatic carboxylic acids is 1. The maximum absolute atomic E-state index is 11.2. The Balaban J connectivity index is 2.22. The molecule has 6 heteroatoms. The van der Waals surface area contributed by atoms with Gasteiger partial charge in [-0.3, -0.25) is 0 Å². The number of hydrogen-bond acceptors (Lipinski definition) is 3. The molecular formula is C16H12ClN3O2. The summed E-state index contributed by atoms with van der Waals surface area (Å²) in [6.45, 7) is 0. The Bertz CT molecular complexity index is 858. The molecule has 0 unspecified atom stereocenters. The third-order valence-electron chi connectivity index (χ3n) is 3.35. The van der Waals surface area contributed by atoms with Crippen molar-refractivity contribution < 1.29 is 9.90 Å². The van der Waals surface area contributed by atoms with E-state index in [1.165, 1.54) is 0 Å². The number of aromatic nitrogens is 3. The minimum atomic E-state index is -0.962. The Labute approximate surface area is 131 Å². The normalized spacial score (nSPS) is 10.6. The van der Waals surface area contributed by atoms with Crippen LogP contribution in [0.2, 0.25) is 5.02 Å². The Morgan fingerprint density at radius 2 is 2.00 bits per heavy atom. The highest BCUT2D eigenvalue weighted by molar-refractivity contribution is 6.31. The molecule has 0 atom stereocenters. The highest BCUT2D eigenvalue weighted by Gasteiger charge is 2.14. The summed E-state index contributed by atoms with van der Waals surface area (Å²) in [4.78, 5) is 11.2. The van der Waals surface area contributed by atoms with Crippen LogP contribution >= 0.6 is 11.6 Å². The lowest BCUT2D eigenvalue weighted by atomic mass is 9.97. The molecule has 22 heavy (non-hydrogen) atoms. The zero-order valence-electron chi connectivity index (χ0n) is 11.7. The fourth-order valence-electron chi connectivity index (χ4n) is 2.30. The van der Waals surface area contributed by atoms with Crippen LogP contribution in [0.15, 0.2) is 48.8 Å². The maximum atomic E-state index is 11.2. The first-order valence-electron chi connectivity index (χ1n) is 6.54. The van der Waals surface area contributed by atoms with Crippen molar-refractivity contribution in [1.82, 2.24) is 14.8 Å². The molecule has 1 N–H and O–H groups in total. The van der Waals surface area contributed by atoms with Crippen molar-refractivity contribution in [2.24, 2.45) is 7.05 Å². The van der Waals surface area contributed by atoms with E-state index in [2.05, 4.69) is 10.2 Å². The van der Waals surface area contributed by atoms with Crippen LogP contribution in [0.4, 0.5) is 0 Å². The van der Waals surface area contributed by atoms with Gasteiger partial charge in [-0.25, -0.2) is 4.79 Å². The Morgan fingerprint density at radius 3 is 2.68 bits per heavy atom. The first-order chi connectivity index (χ1) is 10.6. The summed E-state index contributed by atoms with van der Waals surface area (Å²) in [5, 5.41) is 17.7. The minimum absolute atomic E-state index is 0.233. The van der Waals surface area contributed by atoms with Gasteiger partial charge < -0.3 is 9.67 Å². The molecule has 3 rings (SSSR count). The van der Waals surface area contributed by atoms with Gasteiger partial charge in [0, 0.05) is 17.6 Å². The lowest BCUT2D eigenvalue weighted by Gasteiger charge is -2.10. The fraction of sp³-hybridized carbons (Fsp3) is 0.0625. The molecule has 1 heterocycles. The molecule has 0 saturated carbocycles. The number of hydrogen-bond donors (Lipinski definition) is 1. The number of carbonyl (C=O) groups is 1. The SMILES string of the molecule is Cn1cnnc1-c1cc(Cl)ccc1-c1cccc(C(=O)O)c1. The first-order valence-corrected chi connectivity index (χ1v) is 6.91. The van der Waals surface area contributed by atoms with Crippen LogP contribution in [-0.4, -0.2) is 25.8 Å². The molecule has 0 aliphatic heterocycles. The molecule has 110 valence electrons. The van der Waals surface area contributed by atoms with Gasteiger partial charge in [-0.15, -0.1) is 10.2 Å². The number of aryl methyl sites for hydroxylation is 1. The zero-order valence-corrected chi connectivity index (χ0v) is 12.4. The summed E-state index contributed by atoms with van der Waals surface area (Å²) in [5.74, 6) is -0.297. The fourth-order valence-corrected chi connectivity index (χ4v) is 2.47. The summed E-state index contributed by atoms with van der Waals surface area (Å²) in [5.41, 5.74) is 2.67. The summed E-state index contributed by atoms with van der Waals surface area (Å²) in [7, 11) is 1.84. The van der Waals surface area contributed by atoms with Gasteiger partial charge in [0.05, 0.1) is 5.56 Å². The second-order valence-corrected chi connectivity index (χ2v) is 5.28. The van der Waals surface area contributed by atoms with Crippen molar-refractivity contribution in [2.45, 2.75) is 0 Å². The second-order valence-electron chi connectivity index (χ2n) is 4.84. The van der Waals surface area contributed by atoms with E-state index in [-0.39, 0.29) is 5.56 Å². The van der Waals surface area contributed by atoms with Gasteiger partial charge in [0.1, 0.15) is 6.33 Å². The van der Waals surface area contributed by atoms with Gasteiger partial charge in [0.25, 0.3) is 0 Å². The third kappa shape index (κ3) is 2.58. The predicted molar refractivity (Wildman–Crippen MR) is 83.8 cm³/mol. The maximum Gasteiger partial charge on any atom is 0.335 e. The number of carboxylic acids is 1. The summed E-state index contributed by atoms with van der Waals surface area (Å²) >= 11 is 6.10. The van der Waals surface area contributed by atoms with Crippen molar-refractivity contribution in [3.05, 3.63) is 59.4 Å². The van der Waals surface area contributed by atoms with Crippen molar-refractivity contribution in [3.63, 3.8) is 0 Å². The molecule has 2 aromatic carbocycles. The van der Waals surface area contributed by atoms with E-state index >= 15 is 0 Å². The van der Waals surface area contributed by atoms with Crippen LogP contribution in [0.5, 0.6) is 0 Å². The van der Waals surface area contributed by atoms with Crippen LogP contribution in [0.25, 0.3) is 22.5 Å². The molecule has 0 aliphatic rings. The number of benzene rings is 2. The highest BCUT2D eigenvalue weighted by atomic mass is 35.5. The summed E-state index contributed by atoms with van der Waals surface area (Å²) in [6, 6.07) is 12.2. The number of halogens is 1. The molecule has 1 aromatic heterocycles. The van der Waals surface area contributed by atoms with Crippen molar-refractivity contribution in [2.75, 3.05) is 0 Å². The van der Waals surface area contributed by atoms with Gasteiger partial charge in [-0.2, -0.15) is 0 Å². The van der Waals surface area contributed by atoms with Crippen LogP contribution in [0, 0.1) is 0 Å². The van der Waals surface area contributed by atoms with E-state index in [4.69, 9.17) is 16.7 Å². The van der Waals surface area contributed by atoms with E-state index in [0.29, 0.717) is 10.8 Å². The van der Waals surface area contributed by atoms with Crippen molar-refractivity contribution in [1.29, 1.82) is 0 Å². The van der Waals surface area contributed by atoms with E-state index in [9.17, 15) is 4.79 Å².